The lowest BCUT2D eigenvalue weighted by atomic mass is 10.1. The minimum atomic E-state index is -0.546. The zero-order chi connectivity index (χ0) is 15.5. The van der Waals surface area contributed by atoms with Crippen molar-refractivity contribution in [3.05, 3.63) is 29.8 Å². The van der Waals surface area contributed by atoms with Gasteiger partial charge in [-0.3, -0.25) is 9.59 Å². The monoisotopic (exact) mass is 304 g/mol. The molecule has 1 fully saturated rings. The molecule has 2 aliphatic heterocycles. The number of ether oxygens (including phenoxy) is 2. The number of amides is 2. The lowest BCUT2D eigenvalue weighted by Gasteiger charge is -2.33. The van der Waals surface area contributed by atoms with Gasteiger partial charge in [-0.1, -0.05) is 18.2 Å². The molecule has 2 unspecified atom stereocenters. The summed E-state index contributed by atoms with van der Waals surface area (Å²) in [6, 6.07) is 7.33. The van der Waals surface area contributed by atoms with E-state index < -0.39 is 6.04 Å². The van der Waals surface area contributed by atoms with Gasteiger partial charge in [0.05, 0.1) is 19.8 Å². The molecule has 1 saturated heterocycles. The van der Waals surface area contributed by atoms with Crippen LogP contribution >= 0.6 is 0 Å². The van der Waals surface area contributed by atoms with Crippen molar-refractivity contribution in [3.63, 3.8) is 0 Å². The van der Waals surface area contributed by atoms with E-state index in [0.29, 0.717) is 19.7 Å². The highest BCUT2D eigenvalue weighted by Gasteiger charge is 2.32. The van der Waals surface area contributed by atoms with Crippen LogP contribution in [0.15, 0.2) is 24.3 Å². The predicted molar refractivity (Wildman–Crippen MR) is 79.6 cm³/mol. The van der Waals surface area contributed by atoms with Gasteiger partial charge in [-0.2, -0.15) is 0 Å². The third kappa shape index (κ3) is 3.06. The van der Waals surface area contributed by atoms with Crippen LogP contribution in [0.2, 0.25) is 0 Å². The van der Waals surface area contributed by atoms with E-state index in [9.17, 15) is 9.59 Å². The van der Waals surface area contributed by atoms with Gasteiger partial charge in [0.2, 0.25) is 11.8 Å². The van der Waals surface area contributed by atoms with E-state index in [2.05, 4.69) is 5.32 Å². The number of para-hydroxylation sites is 1. The second-order valence-corrected chi connectivity index (χ2v) is 5.60. The highest BCUT2D eigenvalue weighted by Crippen LogP contribution is 2.27. The minimum absolute atomic E-state index is 0.0587. The second-order valence-electron chi connectivity index (χ2n) is 5.60. The third-order valence-corrected chi connectivity index (χ3v) is 4.05. The average Bonchev–Trinajstić information content (AvgIpc) is 2.95. The molecule has 0 aliphatic carbocycles. The predicted octanol–water partition coefficient (Wildman–Crippen LogP) is 0.354. The van der Waals surface area contributed by atoms with Crippen molar-refractivity contribution in [1.82, 2.24) is 10.2 Å². The number of fused-ring (bicyclic) bond motifs is 1. The van der Waals surface area contributed by atoms with E-state index in [1.54, 1.807) is 4.90 Å². The van der Waals surface area contributed by atoms with Crippen molar-refractivity contribution in [2.75, 3.05) is 26.3 Å². The van der Waals surface area contributed by atoms with Crippen LogP contribution in [0, 0.1) is 0 Å². The van der Waals surface area contributed by atoms with Crippen molar-refractivity contribution < 1.29 is 19.1 Å². The van der Waals surface area contributed by atoms with Gasteiger partial charge in [0.25, 0.3) is 0 Å². The molecule has 0 spiro atoms. The molecule has 0 bridgehead atoms. The van der Waals surface area contributed by atoms with Crippen molar-refractivity contribution in [2.45, 2.75) is 25.5 Å². The first-order valence-corrected chi connectivity index (χ1v) is 7.52. The van der Waals surface area contributed by atoms with Gasteiger partial charge < -0.3 is 19.7 Å². The number of carbonyl (C=O) groups is 2. The summed E-state index contributed by atoms with van der Waals surface area (Å²) in [5.41, 5.74) is 1.16. The molecule has 1 aromatic carbocycles. The van der Waals surface area contributed by atoms with Gasteiger partial charge in [-0.05, 0) is 11.6 Å². The normalized spacial score (nSPS) is 23.6. The fourth-order valence-electron chi connectivity index (χ4n) is 2.90. The number of hydrogen-bond donors (Lipinski definition) is 1. The van der Waals surface area contributed by atoms with E-state index >= 15 is 0 Å². The number of hydrogen-bond acceptors (Lipinski definition) is 4. The molecule has 118 valence electrons. The summed E-state index contributed by atoms with van der Waals surface area (Å²) < 4.78 is 11.1. The summed E-state index contributed by atoms with van der Waals surface area (Å²) in [5, 5.41) is 2.88. The largest absolute Gasteiger partial charge is 0.488 e. The Morgan fingerprint density at radius 1 is 1.36 bits per heavy atom. The van der Waals surface area contributed by atoms with Gasteiger partial charge in [0.1, 0.15) is 17.9 Å². The smallest absolute Gasteiger partial charge is 0.245 e. The Hall–Kier alpha value is -2.08. The minimum Gasteiger partial charge on any atom is -0.488 e. The van der Waals surface area contributed by atoms with Gasteiger partial charge >= 0.3 is 0 Å². The molecule has 3 rings (SSSR count). The summed E-state index contributed by atoms with van der Waals surface area (Å²) in [6.45, 7) is 3.08. The SMILES string of the molecule is CC(=O)N1CCOCC1C(=O)NCC1Cc2ccccc2O1. The van der Waals surface area contributed by atoms with Crippen LogP contribution in [0.4, 0.5) is 0 Å². The molecule has 1 N–H and O–H groups in total. The zero-order valence-electron chi connectivity index (χ0n) is 12.6. The Bertz CT molecular complexity index is 550. The van der Waals surface area contributed by atoms with Crippen LogP contribution in [0.25, 0.3) is 0 Å². The Morgan fingerprint density at radius 3 is 2.95 bits per heavy atom. The van der Waals surface area contributed by atoms with Gasteiger partial charge in [0, 0.05) is 19.9 Å². The van der Waals surface area contributed by atoms with Gasteiger partial charge in [0.15, 0.2) is 0 Å². The molecule has 0 radical (unpaired) electrons. The second kappa shape index (κ2) is 6.36. The Labute approximate surface area is 129 Å². The molecule has 2 aliphatic rings. The fraction of sp³-hybridized carbons (Fsp3) is 0.500. The van der Waals surface area contributed by atoms with E-state index in [0.717, 1.165) is 17.7 Å². The van der Waals surface area contributed by atoms with Crippen molar-refractivity contribution in [1.29, 1.82) is 0 Å². The first-order chi connectivity index (χ1) is 10.6. The molecular weight excluding hydrogens is 284 g/mol. The first kappa shape index (κ1) is 14.8. The fourth-order valence-corrected chi connectivity index (χ4v) is 2.90. The standard InChI is InChI=1S/C16H20N2O4/c1-11(19)18-6-7-21-10-14(18)16(20)17-9-13-8-12-4-2-3-5-15(12)22-13/h2-5,13-14H,6-10H2,1H3,(H,17,20). The van der Waals surface area contributed by atoms with E-state index in [-0.39, 0.29) is 24.5 Å². The summed E-state index contributed by atoms with van der Waals surface area (Å²) in [5.74, 6) is 0.593. The van der Waals surface area contributed by atoms with Crippen LogP contribution in [0.1, 0.15) is 12.5 Å². The molecule has 6 heteroatoms. The summed E-state index contributed by atoms with van der Waals surface area (Å²) in [6.07, 6.45) is 0.727. The topological polar surface area (TPSA) is 67.9 Å². The molecule has 6 nitrogen and oxygen atoms in total. The molecule has 0 aromatic heterocycles. The average molecular weight is 304 g/mol. The number of rotatable bonds is 3. The number of benzene rings is 1. The molecule has 22 heavy (non-hydrogen) atoms. The molecule has 0 saturated carbocycles. The summed E-state index contributed by atoms with van der Waals surface area (Å²) in [4.78, 5) is 25.4. The van der Waals surface area contributed by atoms with Crippen LogP contribution in [-0.2, 0) is 20.7 Å². The van der Waals surface area contributed by atoms with Crippen LogP contribution in [0.5, 0.6) is 5.75 Å². The maximum Gasteiger partial charge on any atom is 0.245 e. The quantitative estimate of drug-likeness (QED) is 0.875. The third-order valence-electron chi connectivity index (χ3n) is 4.05. The lowest BCUT2D eigenvalue weighted by molar-refractivity contribution is -0.147. The molecule has 2 amide bonds. The van der Waals surface area contributed by atoms with E-state index in [1.165, 1.54) is 6.92 Å². The highest BCUT2D eigenvalue weighted by molar-refractivity contribution is 5.87. The van der Waals surface area contributed by atoms with Crippen LogP contribution in [-0.4, -0.2) is 55.2 Å². The number of nitrogens with one attached hydrogen (secondary N) is 1. The van der Waals surface area contributed by atoms with Crippen LogP contribution in [0.3, 0.4) is 0 Å². The Morgan fingerprint density at radius 2 is 2.18 bits per heavy atom. The highest BCUT2D eigenvalue weighted by atomic mass is 16.5. The van der Waals surface area contributed by atoms with Gasteiger partial charge in [-0.15, -0.1) is 0 Å². The molecular formula is C16H20N2O4. The van der Waals surface area contributed by atoms with Crippen molar-refractivity contribution in [2.24, 2.45) is 0 Å². The molecule has 2 atom stereocenters. The van der Waals surface area contributed by atoms with Crippen LogP contribution < -0.4 is 10.1 Å². The maximum absolute atomic E-state index is 12.3. The Kier molecular flexibility index (Phi) is 4.29. The Balaban J connectivity index is 1.53. The van der Waals surface area contributed by atoms with Gasteiger partial charge in [-0.25, -0.2) is 0 Å². The number of nitrogens with zero attached hydrogens (tertiary/aromatic N) is 1. The van der Waals surface area contributed by atoms with E-state index in [4.69, 9.17) is 9.47 Å². The lowest BCUT2D eigenvalue weighted by Crippen LogP contribution is -2.56. The zero-order valence-corrected chi connectivity index (χ0v) is 12.6. The van der Waals surface area contributed by atoms with Crippen molar-refractivity contribution >= 4 is 11.8 Å². The number of morpholine rings is 1. The summed E-state index contributed by atoms with van der Waals surface area (Å²) >= 11 is 0. The first-order valence-electron chi connectivity index (χ1n) is 7.52. The van der Waals surface area contributed by atoms with Crippen molar-refractivity contribution in [3.8, 4) is 5.75 Å². The maximum atomic E-state index is 12.3. The molecule has 2 heterocycles. The molecule has 1 aromatic rings. The summed E-state index contributed by atoms with van der Waals surface area (Å²) in [7, 11) is 0. The number of carbonyl (C=O) groups excluding carboxylic acids is 2. The van der Waals surface area contributed by atoms with E-state index in [1.807, 2.05) is 24.3 Å².